The first kappa shape index (κ1) is 22.2. The molecule has 0 radical (unpaired) electrons. The third kappa shape index (κ3) is 5.82. The Bertz CT molecular complexity index is 1240. The van der Waals surface area contributed by atoms with Gasteiger partial charge in [-0.05, 0) is 58.4 Å². The second-order valence-corrected chi connectivity index (χ2v) is 8.27. The molecule has 2 aromatic carbocycles. The van der Waals surface area contributed by atoms with Crippen molar-refractivity contribution < 1.29 is 14.3 Å². The average molecular weight is 537 g/mol. The summed E-state index contributed by atoms with van der Waals surface area (Å²) in [4.78, 5) is 12.5. The molecule has 0 saturated carbocycles. The summed E-state index contributed by atoms with van der Waals surface area (Å²) in [6.45, 7) is 0.300. The number of anilines is 1. The van der Waals surface area contributed by atoms with Crippen LogP contribution in [0.5, 0.6) is 11.5 Å². The molecule has 4 rings (SSSR count). The number of hydrogen-bond acceptors (Lipinski definition) is 5. The van der Waals surface area contributed by atoms with Crippen molar-refractivity contribution in [2.45, 2.75) is 13.5 Å². The first-order valence-corrected chi connectivity index (χ1v) is 10.8. The molecule has 164 valence electrons. The quantitative estimate of drug-likeness (QED) is 0.322. The number of carbonyl (C=O) groups is 1. The number of rotatable bonds is 8. The molecule has 2 aromatic heterocycles. The molecule has 0 unspecified atom stereocenters. The van der Waals surface area contributed by atoms with Crippen molar-refractivity contribution in [2.75, 3.05) is 5.32 Å². The number of ether oxygens (including phenoxy) is 2. The zero-order valence-electron chi connectivity index (χ0n) is 16.4. The van der Waals surface area contributed by atoms with E-state index in [1.54, 1.807) is 65.6 Å². The van der Waals surface area contributed by atoms with Gasteiger partial charge in [-0.2, -0.15) is 10.2 Å². The Morgan fingerprint density at radius 2 is 1.84 bits per heavy atom. The van der Waals surface area contributed by atoms with Gasteiger partial charge in [0.2, 0.25) is 0 Å². The lowest BCUT2D eigenvalue weighted by atomic mass is 10.3. The first-order chi connectivity index (χ1) is 15.5. The summed E-state index contributed by atoms with van der Waals surface area (Å²) in [5, 5.41) is 12.3. The summed E-state index contributed by atoms with van der Waals surface area (Å²) in [5.41, 5.74) is 0.757. The maximum absolute atomic E-state index is 12.5. The minimum absolute atomic E-state index is 0.131. The summed E-state index contributed by atoms with van der Waals surface area (Å²) < 4.78 is 15.1. The van der Waals surface area contributed by atoms with Crippen molar-refractivity contribution in [3.8, 4) is 11.5 Å². The number of nitrogens with one attached hydrogen (secondary N) is 1. The van der Waals surface area contributed by atoms with Gasteiger partial charge in [0.25, 0.3) is 5.91 Å². The fourth-order valence-electron chi connectivity index (χ4n) is 2.67. The molecule has 0 atom stereocenters. The van der Waals surface area contributed by atoms with Crippen molar-refractivity contribution in [3.05, 3.63) is 87.3 Å². The SMILES string of the molecule is O=C(Nc1cnn(COc2cccc(Cl)c2)c1)c1ccn(COc2ccc(Cl)cc2Br)n1. The number of halogens is 3. The number of hydrogen-bond donors (Lipinski definition) is 1. The van der Waals surface area contributed by atoms with E-state index >= 15 is 0 Å². The zero-order valence-corrected chi connectivity index (χ0v) is 19.5. The van der Waals surface area contributed by atoms with E-state index in [-0.39, 0.29) is 25.1 Å². The van der Waals surface area contributed by atoms with Crippen LogP contribution in [0.15, 0.2) is 71.6 Å². The van der Waals surface area contributed by atoms with E-state index in [9.17, 15) is 4.79 Å². The molecule has 0 fully saturated rings. The molecule has 1 N–H and O–H groups in total. The highest BCUT2D eigenvalue weighted by Crippen LogP contribution is 2.28. The highest BCUT2D eigenvalue weighted by Gasteiger charge is 2.12. The van der Waals surface area contributed by atoms with Gasteiger partial charge < -0.3 is 14.8 Å². The van der Waals surface area contributed by atoms with Crippen LogP contribution in [0.3, 0.4) is 0 Å². The zero-order chi connectivity index (χ0) is 22.5. The number of aromatic nitrogens is 4. The number of nitrogens with zero attached hydrogens (tertiary/aromatic N) is 4. The molecule has 11 heteroatoms. The molecule has 2 heterocycles. The molecule has 0 bridgehead atoms. The fourth-order valence-corrected chi connectivity index (χ4v) is 3.65. The molecule has 0 aliphatic rings. The van der Waals surface area contributed by atoms with E-state index in [2.05, 4.69) is 31.4 Å². The Morgan fingerprint density at radius 3 is 2.66 bits per heavy atom. The number of benzene rings is 2. The van der Waals surface area contributed by atoms with E-state index < -0.39 is 0 Å². The lowest BCUT2D eigenvalue weighted by Crippen LogP contribution is -2.14. The Labute approximate surface area is 201 Å². The van der Waals surface area contributed by atoms with E-state index in [1.165, 1.54) is 10.9 Å². The number of amides is 1. The summed E-state index contributed by atoms with van der Waals surface area (Å²) in [6, 6.07) is 13.9. The van der Waals surface area contributed by atoms with Crippen LogP contribution in [-0.2, 0) is 13.5 Å². The Hall–Kier alpha value is -3.01. The van der Waals surface area contributed by atoms with Gasteiger partial charge in [0.15, 0.2) is 19.2 Å². The summed E-state index contributed by atoms with van der Waals surface area (Å²) in [5.74, 6) is 0.868. The summed E-state index contributed by atoms with van der Waals surface area (Å²) >= 11 is 15.3. The molecule has 0 saturated heterocycles. The highest BCUT2D eigenvalue weighted by atomic mass is 79.9. The average Bonchev–Trinajstić information content (AvgIpc) is 3.41. The van der Waals surface area contributed by atoms with E-state index in [0.717, 1.165) is 4.47 Å². The molecule has 0 aliphatic carbocycles. The summed E-state index contributed by atoms with van der Waals surface area (Å²) in [7, 11) is 0. The van der Waals surface area contributed by atoms with Crippen molar-refractivity contribution in [2.24, 2.45) is 0 Å². The maximum atomic E-state index is 12.5. The lowest BCUT2D eigenvalue weighted by molar-refractivity contribution is 0.102. The second kappa shape index (κ2) is 10.1. The van der Waals surface area contributed by atoms with Crippen LogP contribution in [0.1, 0.15) is 10.5 Å². The van der Waals surface area contributed by atoms with Crippen molar-refractivity contribution >= 4 is 50.7 Å². The number of carbonyl (C=O) groups excluding carboxylic acids is 1. The minimum Gasteiger partial charge on any atom is -0.471 e. The van der Waals surface area contributed by atoms with E-state index in [0.29, 0.717) is 27.2 Å². The molecule has 4 aromatic rings. The first-order valence-electron chi connectivity index (χ1n) is 9.30. The van der Waals surface area contributed by atoms with Crippen molar-refractivity contribution in [1.82, 2.24) is 19.6 Å². The smallest absolute Gasteiger partial charge is 0.276 e. The third-order valence-electron chi connectivity index (χ3n) is 4.17. The highest BCUT2D eigenvalue weighted by molar-refractivity contribution is 9.10. The van der Waals surface area contributed by atoms with Crippen LogP contribution in [0.2, 0.25) is 10.0 Å². The molecule has 0 aliphatic heterocycles. The largest absolute Gasteiger partial charge is 0.471 e. The van der Waals surface area contributed by atoms with Crippen molar-refractivity contribution in [3.63, 3.8) is 0 Å². The van der Waals surface area contributed by atoms with Crippen LogP contribution in [0, 0.1) is 0 Å². The molecular weight excluding hydrogens is 521 g/mol. The van der Waals surface area contributed by atoms with Crippen LogP contribution in [0.4, 0.5) is 5.69 Å². The van der Waals surface area contributed by atoms with Gasteiger partial charge in [0.1, 0.15) is 11.5 Å². The predicted octanol–water partition coefficient (Wildman–Crippen LogP) is 5.47. The van der Waals surface area contributed by atoms with Gasteiger partial charge in [-0.25, -0.2) is 9.36 Å². The Kier molecular flexibility index (Phi) is 6.99. The maximum Gasteiger partial charge on any atom is 0.276 e. The Morgan fingerprint density at radius 1 is 1.03 bits per heavy atom. The second-order valence-electron chi connectivity index (χ2n) is 6.54. The van der Waals surface area contributed by atoms with Gasteiger partial charge in [0, 0.05) is 16.2 Å². The van der Waals surface area contributed by atoms with Crippen LogP contribution in [0.25, 0.3) is 0 Å². The van der Waals surface area contributed by atoms with Crippen LogP contribution >= 0.6 is 39.1 Å². The normalized spacial score (nSPS) is 10.7. The van der Waals surface area contributed by atoms with E-state index in [1.807, 2.05) is 0 Å². The van der Waals surface area contributed by atoms with E-state index in [4.69, 9.17) is 32.7 Å². The minimum atomic E-state index is -0.369. The van der Waals surface area contributed by atoms with Gasteiger partial charge in [0.05, 0.1) is 22.6 Å². The van der Waals surface area contributed by atoms with Gasteiger partial charge >= 0.3 is 0 Å². The van der Waals surface area contributed by atoms with Gasteiger partial charge in [-0.1, -0.05) is 29.3 Å². The molecule has 1 amide bonds. The Balaban J connectivity index is 1.30. The monoisotopic (exact) mass is 535 g/mol. The lowest BCUT2D eigenvalue weighted by Gasteiger charge is -2.08. The van der Waals surface area contributed by atoms with Crippen LogP contribution < -0.4 is 14.8 Å². The molecule has 0 spiro atoms. The van der Waals surface area contributed by atoms with Crippen LogP contribution in [-0.4, -0.2) is 25.5 Å². The summed E-state index contributed by atoms with van der Waals surface area (Å²) in [6.07, 6.45) is 4.83. The molecular formula is C21H16BrCl2N5O3. The topological polar surface area (TPSA) is 83.2 Å². The third-order valence-corrected chi connectivity index (χ3v) is 5.26. The van der Waals surface area contributed by atoms with Crippen molar-refractivity contribution in [1.29, 1.82) is 0 Å². The fraction of sp³-hybridized carbons (Fsp3) is 0.0952. The predicted molar refractivity (Wildman–Crippen MR) is 124 cm³/mol. The van der Waals surface area contributed by atoms with Gasteiger partial charge in [-0.3, -0.25) is 4.79 Å². The van der Waals surface area contributed by atoms with Gasteiger partial charge in [-0.15, -0.1) is 0 Å². The molecule has 32 heavy (non-hydrogen) atoms. The molecule has 8 nitrogen and oxygen atoms in total. The standard InChI is InChI=1S/C21H16BrCl2N5O3/c22-18-9-15(24)4-5-20(18)32-12-28-7-6-19(27-28)21(30)26-16-10-25-29(11-16)13-31-17-3-1-2-14(23)8-17/h1-11H,12-13H2,(H,26,30).